The summed E-state index contributed by atoms with van der Waals surface area (Å²) in [7, 11) is 0. The molecule has 1 aliphatic carbocycles. The Morgan fingerprint density at radius 3 is 2.71 bits per heavy atom. The number of fused-ring (bicyclic) bond motifs is 1. The molecule has 3 heterocycles. The van der Waals surface area contributed by atoms with Crippen molar-refractivity contribution in [3.63, 3.8) is 0 Å². The van der Waals surface area contributed by atoms with Crippen LogP contribution in [0.25, 0.3) is 16.8 Å². The normalized spacial score (nSPS) is 19.7. The van der Waals surface area contributed by atoms with Crippen LogP contribution in [-0.2, 0) is 6.42 Å². The Bertz CT molecular complexity index is 1470. The Morgan fingerprint density at radius 1 is 1.13 bits per heavy atom. The van der Waals surface area contributed by atoms with E-state index in [0.29, 0.717) is 29.6 Å². The molecule has 4 aromatic rings. The standard InChI is InChI=1S/C29H32F2N6O/c1-16(2)35-29(38)23-5-6-24(30)27(28(23)31)25-7-4-21-15-34-26(37(21)36-25)13-19-14-33-9-8-22(19)18-10-17(3)11-20(32)12-18/h4-9,14-18,20H,10-13,32H2,1-3H3,(H,35,38)/t17-,18+,20-/m0/s1. The van der Waals surface area contributed by atoms with Crippen molar-refractivity contribution < 1.29 is 13.6 Å². The number of carbonyl (C=O) groups is 1. The van der Waals surface area contributed by atoms with Gasteiger partial charge in [-0.3, -0.25) is 9.78 Å². The molecule has 0 unspecified atom stereocenters. The number of aromatic nitrogens is 4. The summed E-state index contributed by atoms with van der Waals surface area (Å²) in [6, 6.07) is 7.52. The summed E-state index contributed by atoms with van der Waals surface area (Å²) in [5.74, 6) is -0.847. The first-order valence-corrected chi connectivity index (χ1v) is 13.0. The first-order chi connectivity index (χ1) is 18.2. The van der Waals surface area contributed by atoms with Crippen molar-refractivity contribution in [1.29, 1.82) is 0 Å². The molecule has 5 rings (SSSR count). The SMILES string of the molecule is CC(C)NC(=O)c1ccc(F)c(-c2ccc3cnc(Cc4cnccc4[C@@H]4C[C@H](C)C[C@H](N)C4)n3n2)c1F. The van der Waals surface area contributed by atoms with Gasteiger partial charge >= 0.3 is 0 Å². The highest BCUT2D eigenvalue weighted by Crippen LogP contribution is 2.37. The first-order valence-electron chi connectivity index (χ1n) is 13.0. The number of amides is 1. The number of carbonyl (C=O) groups excluding carboxylic acids is 1. The second-order valence-corrected chi connectivity index (χ2v) is 10.7. The lowest BCUT2D eigenvalue weighted by atomic mass is 9.75. The Hall–Kier alpha value is -3.72. The number of hydrogen-bond donors (Lipinski definition) is 2. The summed E-state index contributed by atoms with van der Waals surface area (Å²) in [5, 5.41) is 7.20. The zero-order chi connectivity index (χ0) is 27.0. The third-order valence-electron chi connectivity index (χ3n) is 7.18. The minimum Gasteiger partial charge on any atom is -0.350 e. The molecule has 9 heteroatoms. The van der Waals surface area contributed by atoms with Crippen LogP contribution in [0.4, 0.5) is 8.78 Å². The molecule has 1 fully saturated rings. The number of nitrogens with two attached hydrogens (primary N) is 1. The van der Waals surface area contributed by atoms with E-state index in [1.165, 1.54) is 11.6 Å². The molecule has 1 saturated carbocycles. The molecule has 0 radical (unpaired) electrons. The van der Waals surface area contributed by atoms with Crippen molar-refractivity contribution in [2.45, 2.75) is 64.5 Å². The molecule has 1 aromatic carbocycles. The average Bonchev–Trinajstić information content (AvgIpc) is 3.25. The van der Waals surface area contributed by atoms with E-state index < -0.39 is 17.5 Å². The topological polar surface area (TPSA) is 98.2 Å². The lowest BCUT2D eigenvalue weighted by molar-refractivity contribution is 0.0939. The fraction of sp³-hybridized carbons (Fsp3) is 0.379. The monoisotopic (exact) mass is 518 g/mol. The van der Waals surface area contributed by atoms with Crippen LogP contribution in [0.3, 0.4) is 0 Å². The van der Waals surface area contributed by atoms with Crippen LogP contribution >= 0.6 is 0 Å². The molecule has 7 nitrogen and oxygen atoms in total. The van der Waals surface area contributed by atoms with Crippen LogP contribution in [0, 0.1) is 17.6 Å². The van der Waals surface area contributed by atoms with Crippen molar-refractivity contribution in [1.82, 2.24) is 24.9 Å². The van der Waals surface area contributed by atoms with E-state index in [0.717, 1.165) is 37.0 Å². The Morgan fingerprint density at radius 2 is 1.95 bits per heavy atom. The summed E-state index contributed by atoms with van der Waals surface area (Å²) in [6.45, 7) is 5.78. The zero-order valence-electron chi connectivity index (χ0n) is 21.8. The lowest BCUT2D eigenvalue weighted by Crippen LogP contribution is -2.31. The first kappa shape index (κ1) is 25.9. The Kier molecular flexibility index (Phi) is 7.21. The summed E-state index contributed by atoms with van der Waals surface area (Å²) >= 11 is 0. The smallest absolute Gasteiger partial charge is 0.254 e. The molecule has 198 valence electrons. The molecule has 3 atom stereocenters. The van der Waals surface area contributed by atoms with Crippen LogP contribution in [0.15, 0.2) is 48.9 Å². The molecule has 0 aliphatic heterocycles. The van der Waals surface area contributed by atoms with Gasteiger partial charge in [-0.15, -0.1) is 0 Å². The molecule has 0 saturated heterocycles. The largest absolute Gasteiger partial charge is 0.350 e. The lowest BCUT2D eigenvalue weighted by Gasteiger charge is -2.32. The second-order valence-electron chi connectivity index (χ2n) is 10.7. The van der Waals surface area contributed by atoms with Crippen LogP contribution in [0.5, 0.6) is 0 Å². The number of nitrogens with one attached hydrogen (secondary N) is 1. The van der Waals surface area contributed by atoms with Crippen LogP contribution in [-0.4, -0.2) is 37.6 Å². The molecule has 3 aromatic heterocycles. The predicted molar refractivity (Wildman–Crippen MR) is 142 cm³/mol. The van der Waals surface area contributed by atoms with E-state index in [-0.39, 0.29) is 28.9 Å². The number of rotatable bonds is 6. The van der Waals surface area contributed by atoms with Crippen molar-refractivity contribution in [3.8, 4) is 11.3 Å². The van der Waals surface area contributed by atoms with Crippen LogP contribution in [0.1, 0.15) is 73.3 Å². The van der Waals surface area contributed by atoms with Crippen LogP contribution in [0.2, 0.25) is 0 Å². The molecular weight excluding hydrogens is 486 g/mol. The number of imidazole rings is 1. The fourth-order valence-corrected chi connectivity index (χ4v) is 5.55. The number of pyridine rings is 1. The molecule has 1 aliphatic rings. The molecule has 0 bridgehead atoms. The van der Waals surface area contributed by atoms with Crippen molar-refractivity contribution in [2.24, 2.45) is 11.7 Å². The van der Waals surface area contributed by atoms with Gasteiger partial charge in [-0.25, -0.2) is 18.3 Å². The maximum atomic E-state index is 15.4. The van der Waals surface area contributed by atoms with Gasteiger partial charge in [0.1, 0.15) is 17.5 Å². The Balaban J connectivity index is 1.51. The van der Waals surface area contributed by atoms with Gasteiger partial charge in [-0.05, 0) is 86.4 Å². The maximum Gasteiger partial charge on any atom is 0.254 e. The zero-order valence-corrected chi connectivity index (χ0v) is 21.8. The maximum absolute atomic E-state index is 15.4. The minimum absolute atomic E-state index is 0.0736. The highest BCUT2D eigenvalue weighted by Gasteiger charge is 2.27. The average molecular weight is 519 g/mol. The quantitative estimate of drug-likeness (QED) is 0.373. The second kappa shape index (κ2) is 10.6. The molecule has 0 spiro atoms. The van der Waals surface area contributed by atoms with E-state index in [1.807, 2.05) is 6.20 Å². The van der Waals surface area contributed by atoms with Crippen LogP contribution < -0.4 is 11.1 Å². The van der Waals surface area contributed by atoms with Gasteiger partial charge in [0.15, 0.2) is 0 Å². The van der Waals surface area contributed by atoms with Crippen molar-refractivity contribution in [3.05, 3.63) is 83.1 Å². The third kappa shape index (κ3) is 5.15. The third-order valence-corrected chi connectivity index (χ3v) is 7.18. The molecule has 3 N–H and O–H groups in total. The number of halogens is 2. The summed E-state index contributed by atoms with van der Waals surface area (Å²) in [4.78, 5) is 21.4. The van der Waals surface area contributed by atoms with E-state index in [2.05, 4.69) is 33.4 Å². The van der Waals surface area contributed by atoms with Gasteiger partial charge in [0, 0.05) is 30.9 Å². The minimum atomic E-state index is -0.950. The summed E-state index contributed by atoms with van der Waals surface area (Å²) in [6.07, 6.45) is 8.80. The van der Waals surface area contributed by atoms with E-state index in [4.69, 9.17) is 5.73 Å². The van der Waals surface area contributed by atoms with Gasteiger partial charge in [-0.2, -0.15) is 5.10 Å². The van der Waals surface area contributed by atoms with Gasteiger partial charge < -0.3 is 11.1 Å². The number of benzene rings is 1. The van der Waals surface area contributed by atoms with E-state index >= 15 is 4.39 Å². The van der Waals surface area contributed by atoms with E-state index in [1.54, 1.807) is 36.8 Å². The van der Waals surface area contributed by atoms with Crippen molar-refractivity contribution >= 4 is 11.4 Å². The predicted octanol–water partition coefficient (Wildman–Crippen LogP) is 5.03. The fourth-order valence-electron chi connectivity index (χ4n) is 5.55. The number of hydrogen-bond acceptors (Lipinski definition) is 5. The summed E-state index contributed by atoms with van der Waals surface area (Å²) < 4.78 is 31.9. The molecular formula is C29H32F2N6O. The van der Waals surface area contributed by atoms with Gasteiger partial charge in [0.25, 0.3) is 5.91 Å². The summed E-state index contributed by atoms with van der Waals surface area (Å²) in [5.41, 5.74) is 8.75. The number of nitrogens with zero attached hydrogens (tertiary/aromatic N) is 4. The van der Waals surface area contributed by atoms with Gasteiger partial charge in [0.05, 0.1) is 28.5 Å². The van der Waals surface area contributed by atoms with Crippen molar-refractivity contribution in [2.75, 3.05) is 0 Å². The van der Waals surface area contributed by atoms with Gasteiger partial charge in [-0.1, -0.05) is 6.92 Å². The Labute approximate surface area is 220 Å². The highest BCUT2D eigenvalue weighted by atomic mass is 19.1. The molecule has 38 heavy (non-hydrogen) atoms. The highest BCUT2D eigenvalue weighted by molar-refractivity contribution is 5.96. The van der Waals surface area contributed by atoms with E-state index in [9.17, 15) is 9.18 Å². The van der Waals surface area contributed by atoms with Gasteiger partial charge in [0.2, 0.25) is 0 Å². The molecule has 1 amide bonds.